The lowest BCUT2D eigenvalue weighted by Gasteiger charge is -2.06. The zero-order valence-corrected chi connectivity index (χ0v) is 10.6. The van der Waals surface area contributed by atoms with Gasteiger partial charge in [0.25, 0.3) is 0 Å². The van der Waals surface area contributed by atoms with Crippen LogP contribution < -0.4 is 0 Å². The summed E-state index contributed by atoms with van der Waals surface area (Å²) in [5.74, 6) is -0.375. The maximum atomic E-state index is 11.3. The van der Waals surface area contributed by atoms with Crippen LogP contribution in [0.4, 0.5) is 0 Å². The maximum Gasteiger partial charge on any atom is 0.336 e. The molecule has 0 aromatic heterocycles. The Balaban J connectivity index is 3.34. The molecule has 0 saturated carbocycles. The quantitative estimate of drug-likeness (QED) is 0.837. The highest BCUT2D eigenvalue weighted by molar-refractivity contribution is 7.99. The molecule has 0 bridgehead atoms. The molecule has 1 aromatic rings. The van der Waals surface area contributed by atoms with E-state index in [9.17, 15) is 13.2 Å². The van der Waals surface area contributed by atoms with Gasteiger partial charge in [-0.3, -0.25) is 0 Å². The van der Waals surface area contributed by atoms with Crippen molar-refractivity contribution in [3.05, 3.63) is 23.8 Å². The SMILES string of the molecule is CCSc1ccc(S(C)(=O)=O)cc1C(=O)O. The van der Waals surface area contributed by atoms with Crippen molar-refractivity contribution in [3.63, 3.8) is 0 Å². The molecule has 0 atom stereocenters. The van der Waals surface area contributed by atoms with Crippen molar-refractivity contribution in [2.45, 2.75) is 16.7 Å². The monoisotopic (exact) mass is 260 g/mol. The van der Waals surface area contributed by atoms with Gasteiger partial charge in [-0.1, -0.05) is 6.92 Å². The number of hydrogen-bond acceptors (Lipinski definition) is 4. The van der Waals surface area contributed by atoms with E-state index in [4.69, 9.17) is 5.11 Å². The van der Waals surface area contributed by atoms with Gasteiger partial charge in [0.2, 0.25) is 0 Å². The van der Waals surface area contributed by atoms with Crippen LogP contribution in [0, 0.1) is 0 Å². The number of aromatic carboxylic acids is 1. The number of carboxylic acid groups (broad SMARTS) is 1. The molecule has 1 rings (SSSR count). The molecule has 16 heavy (non-hydrogen) atoms. The van der Waals surface area contributed by atoms with Gasteiger partial charge < -0.3 is 5.11 Å². The van der Waals surface area contributed by atoms with Gasteiger partial charge >= 0.3 is 5.97 Å². The van der Waals surface area contributed by atoms with Gasteiger partial charge in [0, 0.05) is 11.2 Å². The third-order valence-corrected chi connectivity index (χ3v) is 3.98. The maximum absolute atomic E-state index is 11.3. The standard InChI is InChI=1S/C10H12O4S2/c1-3-15-9-5-4-7(16(2,13)14)6-8(9)10(11)12/h4-6H,3H2,1-2H3,(H,11,12). The van der Waals surface area contributed by atoms with Crippen molar-refractivity contribution < 1.29 is 18.3 Å². The van der Waals surface area contributed by atoms with Crippen molar-refractivity contribution in [2.75, 3.05) is 12.0 Å². The van der Waals surface area contributed by atoms with Crippen LogP contribution in [0.3, 0.4) is 0 Å². The summed E-state index contributed by atoms with van der Waals surface area (Å²) in [4.78, 5) is 11.6. The fraction of sp³-hybridized carbons (Fsp3) is 0.300. The lowest BCUT2D eigenvalue weighted by atomic mass is 10.2. The van der Waals surface area contributed by atoms with Crippen molar-refractivity contribution in [3.8, 4) is 0 Å². The highest BCUT2D eigenvalue weighted by atomic mass is 32.2. The fourth-order valence-electron chi connectivity index (χ4n) is 1.19. The zero-order valence-electron chi connectivity index (χ0n) is 8.93. The summed E-state index contributed by atoms with van der Waals surface area (Å²) in [6, 6.07) is 4.17. The number of benzene rings is 1. The van der Waals surface area contributed by atoms with Crippen LogP contribution >= 0.6 is 11.8 Å². The molecular formula is C10H12O4S2. The molecule has 0 saturated heterocycles. The Morgan fingerprint density at radius 1 is 1.44 bits per heavy atom. The molecule has 0 radical (unpaired) electrons. The summed E-state index contributed by atoms with van der Waals surface area (Å²) in [7, 11) is -3.36. The fourth-order valence-corrected chi connectivity index (χ4v) is 2.61. The Morgan fingerprint density at radius 2 is 2.06 bits per heavy atom. The van der Waals surface area contributed by atoms with Gasteiger partial charge in [0.15, 0.2) is 9.84 Å². The third-order valence-electron chi connectivity index (χ3n) is 1.91. The van der Waals surface area contributed by atoms with Crippen LogP contribution in [0.5, 0.6) is 0 Å². The van der Waals surface area contributed by atoms with Crippen molar-refractivity contribution in [2.24, 2.45) is 0 Å². The van der Waals surface area contributed by atoms with Gasteiger partial charge in [-0.05, 0) is 24.0 Å². The number of carbonyl (C=O) groups is 1. The first-order valence-electron chi connectivity index (χ1n) is 4.56. The molecular weight excluding hydrogens is 248 g/mol. The minimum atomic E-state index is -3.36. The Hall–Kier alpha value is -1.01. The Morgan fingerprint density at radius 3 is 2.50 bits per heavy atom. The smallest absolute Gasteiger partial charge is 0.336 e. The number of thioether (sulfide) groups is 1. The molecule has 0 heterocycles. The normalized spacial score (nSPS) is 11.4. The Labute approximate surface area is 98.6 Å². The molecule has 1 N–H and O–H groups in total. The summed E-state index contributed by atoms with van der Waals surface area (Å²) < 4.78 is 22.6. The van der Waals surface area contributed by atoms with E-state index in [0.717, 1.165) is 12.0 Å². The summed E-state index contributed by atoms with van der Waals surface area (Å²) in [5, 5.41) is 8.97. The lowest BCUT2D eigenvalue weighted by Crippen LogP contribution is -2.03. The molecule has 0 aliphatic heterocycles. The molecule has 0 fully saturated rings. The number of carboxylic acids is 1. The summed E-state index contributed by atoms with van der Waals surface area (Å²) in [6.45, 7) is 1.90. The minimum absolute atomic E-state index is 0.0327. The molecule has 1 aromatic carbocycles. The van der Waals surface area contributed by atoms with Crippen LogP contribution in [0.15, 0.2) is 28.0 Å². The van der Waals surface area contributed by atoms with Gasteiger partial charge in [-0.25, -0.2) is 13.2 Å². The van der Waals surface area contributed by atoms with Crippen LogP contribution in [-0.2, 0) is 9.84 Å². The number of sulfone groups is 1. The average Bonchev–Trinajstić information content (AvgIpc) is 2.16. The lowest BCUT2D eigenvalue weighted by molar-refractivity contribution is 0.0693. The van der Waals surface area contributed by atoms with Crippen molar-refractivity contribution in [1.82, 2.24) is 0 Å². The minimum Gasteiger partial charge on any atom is -0.478 e. The molecule has 0 unspecified atom stereocenters. The van der Waals surface area contributed by atoms with Gasteiger partial charge in [-0.2, -0.15) is 0 Å². The van der Waals surface area contributed by atoms with Crippen molar-refractivity contribution >= 4 is 27.6 Å². The van der Waals surface area contributed by atoms with E-state index in [1.165, 1.54) is 30.0 Å². The third kappa shape index (κ3) is 2.99. The first-order chi connectivity index (χ1) is 7.36. The second-order valence-electron chi connectivity index (χ2n) is 3.17. The number of hydrogen-bond donors (Lipinski definition) is 1. The molecule has 0 aliphatic carbocycles. The van der Waals surface area contributed by atoms with Gasteiger partial charge in [0.05, 0.1) is 10.5 Å². The van der Waals surface area contributed by atoms with Crippen LogP contribution in [0.25, 0.3) is 0 Å². The molecule has 0 amide bonds. The second kappa shape index (κ2) is 4.88. The number of rotatable bonds is 4. The van der Waals surface area contributed by atoms with E-state index >= 15 is 0 Å². The second-order valence-corrected chi connectivity index (χ2v) is 6.49. The van der Waals surface area contributed by atoms with Crippen LogP contribution in [0.1, 0.15) is 17.3 Å². The summed E-state index contributed by atoms with van der Waals surface area (Å²) in [6.07, 6.45) is 1.06. The van der Waals surface area contributed by atoms with E-state index in [1.807, 2.05) is 6.92 Å². The highest BCUT2D eigenvalue weighted by Crippen LogP contribution is 2.25. The van der Waals surface area contributed by atoms with Gasteiger partial charge in [0.1, 0.15) is 0 Å². The summed E-state index contributed by atoms with van der Waals surface area (Å²) >= 11 is 1.37. The zero-order chi connectivity index (χ0) is 12.3. The van der Waals surface area contributed by atoms with Gasteiger partial charge in [-0.15, -0.1) is 11.8 Å². The predicted octanol–water partition coefficient (Wildman–Crippen LogP) is 1.90. The average molecular weight is 260 g/mol. The molecule has 0 spiro atoms. The van der Waals surface area contributed by atoms with Crippen LogP contribution in [-0.4, -0.2) is 31.5 Å². The Kier molecular flexibility index (Phi) is 3.98. The van der Waals surface area contributed by atoms with E-state index in [1.54, 1.807) is 0 Å². The van der Waals surface area contributed by atoms with Crippen molar-refractivity contribution in [1.29, 1.82) is 0 Å². The molecule has 6 heteroatoms. The molecule has 0 aliphatic rings. The van der Waals surface area contributed by atoms with E-state index in [0.29, 0.717) is 4.90 Å². The van der Waals surface area contributed by atoms with E-state index in [2.05, 4.69) is 0 Å². The largest absolute Gasteiger partial charge is 0.478 e. The Bertz CT molecular complexity index is 506. The summed E-state index contributed by atoms with van der Waals surface area (Å²) in [5.41, 5.74) is 0.0368. The van der Waals surface area contributed by atoms with Crippen LogP contribution in [0.2, 0.25) is 0 Å². The van der Waals surface area contributed by atoms with E-state index in [-0.39, 0.29) is 10.5 Å². The first-order valence-corrected chi connectivity index (χ1v) is 7.44. The molecule has 88 valence electrons. The highest BCUT2D eigenvalue weighted by Gasteiger charge is 2.15. The predicted molar refractivity (Wildman–Crippen MR) is 62.9 cm³/mol. The first kappa shape index (κ1) is 13.1. The van der Waals surface area contributed by atoms with E-state index < -0.39 is 15.8 Å². The molecule has 4 nitrogen and oxygen atoms in total. The topological polar surface area (TPSA) is 71.4 Å².